The van der Waals surface area contributed by atoms with Crippen molar-refractivity contribution in [1.29, 1.82) is 5.26 Å². The van der Waals surface area contributed by atoms with Crippen LogP contribution < -0.4 is 0 Å². The van der Waals surface area contributed by atoms with Crippen LogP contribution in [0.25, 0.3) is 5.69 Å². The van der Waals surface area contributed by atoms with Crippen LogP contribution in [0.5, 0.6) is 0 Å². The van der Waals surface area contributed by atoms with Crippen molar-refractivity contribution in [3.8, 4) is 11.8 Å². The zero-order valence-corrected chi connectivity index (χ0v) is 8.03. The van der Waals surface area contributed by atoms with Crippen LogP contribution in [0.15, 0.2) is 30.7 Å². The molecular formula is C10H6N4O2. The molecule has 2 aromatic rings. The topological polar surface area (TPSA) is 91.8 Å². The zero-order valence-electron chi connectivity index (χ0n) is 8.03. The van der Waals surface area contributed by atoms with E-state index in [1.54, 1.807) is 24.5 Å². The minimum absolute atomic E-state index is 0.00120. The van der Waals surface area contributed by atoms with Crippen molar-refractivity contribution >= 4 is 5.97 Å². The first-order valence-corrected chi connectivity index (χ1v) is 4.36. The lowest BCUT2D eigenvalue weighted by molar-refractivity contribution is 0.0696. The summed E-state index contributed by atoms with van der Waals surface area (Å²) in [6.45, 7) is 0. The number of carbonyl (C=O) groups is 1. The van der Waals surface area contributed by atoms with E-state index in [1.807, 2.05) is 6.07 Å². The number of carboxylic acid groups (broad SMARTS) is 1. The molecule has 6 nitrogen and oxygen atoms in total. The fraction of sp³-hybridized carbons (Fsp3) is 0. The van der Waals surface area contributed by atoms with Crippen LogP contribution in [0, 0.1) is 11.3 Å². The third-order valence-corrected chi connectivity index (χ3v) is 2.01. The van der Waals surface area contributed by atoms with Crippen LogP contribution >= 0.6 is 0 Å². The molecule has 0 bridgehead atoms. The average molecular weight is 214 g/mol. The van der Waals surface area contributed by atoms with Crippen molar-refractivity contribution in [2.45, 2.75) is 0 Å². The summed E-state index contributed by atoms with van der Waals surface area (Å²) in [5.41, 5.74) is 0.483. The Kier molecular flexibility index (Phi) is 2.36. The first kappa shape index (κ1) is 9.86. The van der Waals surface area contributed by atoms with Crippen molar-refractivity contribution in [3.63, 3.8) is 0 Å². The van der Waals surface area contributed by atoms with Gasteiger partial charge in [-0.2, -0.15) is 10.4 Å². The first-order valence-electron chi connectivity index (χ1n) is 4.36. The number of nitriles is 1. The molecule has 16 heavy (non-hydrogen) atoms. The predicted octanol–water partition coefficient (Wildman–Crippen LogP) is 0.837. The molecule has 2 rings (SSSR count). The van der Waals surface area contributed by atoms with E-state index in [0.717, 1.165) is 6.20 Å². The van der Waals surface area contributed by atoms with Crippen molar-refractivity contribution < 1.29 is 9.90 Å². The summed E-state index contributed by atoms with van der Waals surface area (Å²) >= 11 is 0. The summed E-state index contributed by atoms with van der Waals surface area (Å²) in [6.07, 6.45) is 4.23. The monoisotopic (exact) mass is 214 g/mol. The fourth-order valence-corrected chi connectivity index (χ4v) is 1.29. The van der Waals surface area contributed by atoms with Crippen LogP contribution in [0.4, 0.5) is 0 Å². The van der Waals surface area contributed by atoms with Gasteiger partial charge in [0.1, 0.15) is 11.6 Å². The Morgan fingerprint density at radius 1 is 1.44 bits per heavy atom. The molecule has 0 fully saturated rings. The Bertz CT molecular complexity index is 568. The second-order valence-electron chi connectivity index (χ2n) is 2.94. The molecule has 6 heteroatoms. The van der Waals surface area contributed by atoms with E-state index >= 15 is 0 Å². The molecule has 78 valence electrons. The molecule has 0 aliphatic heterocycles. The summed E-state index contributed by atoms with van der Waals surface area (Å²) in [4.78, 5) is 14.6. The molecule has 0 amide bonds. The molecule has 0 aliphatic rings. The normalized spacial score (nSPS) is 9.69. The molecule has 0 unspecified atom stereocenters. The van der Waals surface area contributed by atoms with E-state index in [1.165, 1.54) is 4.68 Å². The Hall–Kier alpha value is -2.68. The van der Waals surface area contributed by atoms with Gasteiger partial charge in [0.2, 0.25) is 0 Å². The molecule has 1 N–H and O–H groups in total. The van der Waals surface area contributed by atoms with E-state index in [9.17, 15) is 4.79 Å². The lowest BCUT2D eigenvalue weighted by atomic mass is 10.2. The van der Waals surface area contributed by atoms with Crippen LogP contribution in [-0.2, 0) is 0 Å². The van der Waals surface area contributed by atoms with Gasteiger partial charge in [0, 0.05) is 12.4 Å². The number of hydrogen-bond donors (Lipinski definition) is 1. The van der Waals surface area contributed by atoms with E-state index in [-0.39, 0.29) is 11.3 Å². The van der Waals surface area contributed by atoms with Crippen LogP contribution in [-0.4, -0.2) is 25.8 Å². The summed E-state index contributed by atoms with van der Waals surface area (Å²) in [5, 5.41) is 21.6. The van der Waals surface area contributed by atoms with Crippen LogP contribution in [0.2, 0.25) is 0 Å². The lowest BCUT2D eigenvalue weighted by Gasteiger charge is -2.01. The Morgan fingerprint density at radius 3 is 2.69 bits per heavy atom. The minimum Gasteiger partial charge on any atom is -0.478 e. The van der Waals surface area contributed by atoms with E-state index < -0.39 is 5.97 Å². The number of pyridine rings is 1. The summed E-state index contributed by atoms with van der Waals surface area (Å²) in [5.74, 6) is -1.17. The van der Waals surface area contributed by atoms with Crippen molar-refractivity contribution in [3.05, 3.63) is 42.0 Å². The van der Waals surface area contributed by atoms with Gasteiger partial charge in [0.25, 0.3) is 0 Å². The number of aromatic carboxylic acids is 1. The number of rotatable bonds is 2. The number of carboxylic acids is 1. The quantitative estimate of drug-likeness (QED) is 0.799. The molecule has 0 aromatic carbocycles. The van der Waals surface area contributed by atoms with Gasteiger partial charge in [-0.25, -0.2) is 9.48 Å². The van der Waals surface area contributed by atoms with E-state index in [0.29, 0.717) is 5.69 Å². The summed E-state index contributed by atoms with van der Waals surface area (Å²) < 4.78 is 1.27. The number of aromatic nitrogens is 3. The molecule has 0 saturated carbocycles. The Balaban J connectivity index is 2.60. The number of nitrogens with zero attached hydrogens (tertiary/aromatic N) is 4. The minimum atomic E-state index is -1.17. The van der Waals surface area contributed by atoms with Gasteiger partial charge in [-0.15, -0.1) is 0 Å². The van der Waals surface area contributed by atoms with Gasteiger partial charge in [-0.3, -0.25) is 4.98 Å². The highest BCUT2D eigenvalue weighted by atomic mass is 16.4. The molecule has 0 aliphatic carbocycles. The smallest absolute Gasteiger partial charge is 0.340 e. The third kappa shape index (κ3) is 1.50. The molecule has 0 spiro atoms. The van der Waals surface area contributed by atoms with Crippen molar-refractivity contribution in [2.24, 2.45) is 0 Å². The maximum Gasteiger partial charge on any atom is 0.340 e. The molecule has 0 radical (unpaired) electrons. The molecule has 2 aromatic heterocycles. The maximum absolute atomic E-state index is 10.8. The third-order valence-electron chi connectivity index (χ3n) is 2.01. The van der Waals surface area contributed by atoms with Crippen LogP contribution in [0.1, 0.15) is 16.1 Å². The average Bonchev–Trinajstić information content (AvgIpc) is 2.73. The highest BCUT2D eigenvalue weighted by Gasteiger charge is 2.16. The largest absolute Gasteiger partial charge is 0.478 e. The first-order chi connectivity index (χ1) is 7.74. The molecular weight excluding hydrogens is 208 g/mol. The van der Waals surface area contributed by atoms with Gasteiger partial charge in [0.15, 0.2) is 5.69 Å². The van der Waals surface area contributed by atoms with E-state index in [2.05, 4.69) is 10.1 Å². The SMILES string of the molecule is N#Cc1c(C(=O)O)cnn1-c1ccncc1. The molecule has 0 atom stereocenters. The van der Waals surface area contributed by atoms with Gasteiger partial charge in [-0.1, -0.05) is 0 Å². The lowest BCUT2D eigenvalue weighted by Crippen LogP contribution is -2.03. The highest BCUT2D eigenvalue weighted by Crippen LogP contribution is 2.13. The second-order valence-corrected chi connectivity index (χ2v) is 2.94. The van der Waals surface area contributed by atoms with Crippen molar-refractivity contribution in [1.82, 2.24) is 14.8 Å². The summed E-state index contributed by atoms with van der Waals surface area (Å²) in [6, 6.07) is 5.10. The fourth-order valence-electron chi connectivity index (χ4n) is 1.29. The van der Waals surface area contributed by atoms with Crippen LogP contribution in [0.3, 0.4) is 0 Å². The maximum atomic E-state index is 10.8. The number of hydrogen-bond acceptors (Lipinski definition) is 4. The zero-order chi connectivity index (χ0) is 11.5. The molecule has 0 saturated heterocycles. The molecule has 2 heterocycles. The Morgan fingerprint density at radius 2 is 2.12 bits per heavy atom. The van der Waals surface area contributed by atoms with Crippen molar-refractivity contribution in [2.75, 3.05) is 0 Å². The van der Waals surface area contributed by atoms with E-state index in [4.69, 9.17) is 10.4 Å². The van der Waals surface area contributed by atoms with Gasteiger partial charge in [0.05, 0.1) is 11.9 Å². The summed E-state index contributed by atoms with van der Waals surface area (Å²) in [7, 11) is 0. The second kappa shape index (κ2) is 3.82. The highest BCUT2D eigenvalue weighted by molar-refractivity contribution is 5.89. The standard InChI is InChI=1S/C10H6N4O2/c11-5-9-8(10(15)16)6-13-14(9)7-1-3-12-4-2-7/h1-4,6H,(H,15,16). The Labute approximate surface area is 90.4 Å². The van der Waals surface area contributed by atoms with Gasteiger partial charge >= 0.3 is 5.97 Å². The van der Waals surface area contributed by atoms with Gasteiger partial charge in [-0.05, 0) is 12.1 Å². The predicted molar refractivity (Wildman–Crippen MR) is 53.0 cm³/mol. The van der Waals surface area contributed by atoms with Gasteiger partial charge < -0.3 is 5.11 Å².